The molecule has 0 bridgehead atoms. The average molecular weight is 320 g/mol. The van der Waals surface area contributed by atoms with Crippen molar-refractivity contribution >= 4 is 29.9 Å². The SMILES string of the molecule is Cc1ncsc1-c1ccc(CNC(=O)CC[C@H](C)S)cc1. The van der Waals surface area contributed by atoms with Gasteiger partial charge in [-0.25, -0.2) is 4.98 Å². The molecule has 1 amide bonds. The lowest BCUT2D eigenvalue weighted by atomic mass is 10.1. The Bertz CT molecular complexity index is 591. The monoisotopic (exact) mass is 320 g/mol. The molecule has 2 aromatic rings. The van der Waals surface area contributed by atoms with Gasteiger partial charge >= 0.3 is 0 Å². The molecule has 0 aliphatic rings. The minimum absolute atomic E-state index is 0.0817. The van der Waals surface area contributed by atoms with Gasteiger partial charge in [-0.15, -0.1) is 11.3 Å². The molecular formula is C16H20N2OS2. The van der Waals surface area contributed by atoms with Gasteiger partial charge in [0.2, 0.25) is 5.91 Å². The van der Waals surface area contributed by atoms with Gasteiger partial charge in [0.25, 0.3) is 0 Å². The number of nitrogens with zero attached hydrogens (tertiary/aromatic N) is 1. The largest absolute Gasteiger partial charge is 0.352 e. The van der Waals surface area contributed by atoms with E-state index < -0.39 is 0 Å². The molecule has 1 N–H and O–H groups in total. The van der Waals surface area contributed by atoms with E-state index in [9.17, 15) is 4.79 Å². The fraction of sp³-hybridized carbons (Fsp3) is 0.375. The highest BCUT2D eigenvalue weighted by Crippen LogP contribution is 2.27. The van der Waals surface area contributed by atoms with Gasteiger partial charge in [0.1, 0.15) is 0 Å². The zero-order valence-corrected chi connectivity index (χ0v) is 14.0. The number of hydrogen-bond donors (Lipinski definition) is 2. The number of carbonyl (C=O) groups excluding carboxylic acids is 1. The van der Waals surface area contributed by atoms with E-state index in [0.717, 1.165) is 17.7 Å². The molecule has 0 saturated carbocycles. The normalized spacial score (nSPS) is 12.1. The van der Waals surface area contributed by atoms with Crippen LogP contribution in [0.2, 0.25) is 0 Å². The zero-order chi connectivity index (χ0) is 15.2. The molecule has 0 saturated heterocycles. The molecule has 0 unspecified atom stereocenters. The summed E-state index contributed by atoms with van der Waals surface area (Å²) in [6.45, 7) is 4.58. The summed E-state index contributed by atoms with van der Waals surface area (Å²) in [7, 11) is 0. The van der Waals surface area contributed by atoms with Crippen molar-refractivity contribution in [3.63, 3.8) is 0 Å². The second-order valence-electron chi connectivity index (χ2n) is 5.13. The average Bonchev–Trinajstić information content (AvgIpc) is 2.89. The highest BCUT2D eigenvalue weighted by atomic mass is 32.1. The summed E-state index contributed by atoms with van der Waals surface area (Å²) < 4.78 is 0. The maximum absolute atomic E-state index is 11.7. The topological polar surface area (TPSA) is 42.0 Å². The number of hydrogen-bond acceptors (Lipinski definition) is 4. The summed E-state index contributed by atoms with van der Waals surface area (Å²) in [4.78, 5) is 17.1. The van der Waals surface area contributed by atoms with Crippen LogP contribution in [0.1, 0.15) is 31.0 Å². The standard InChI is InChI=1S/C16H20N2OS2/c1-11(20)3-8-15(19)17-9-13-4-6-14(7-5-13)16-12(2)18-10-21-16/h4-7,10-11,20H,3,8-9H2,1-2H3,(H,17,19)/t11-/m0/s1. The summed E-state index contributed by atoms with van der Waals surface area (Å²) >= 11 is 5.92. The Hall–Kier alpha value is -1.33. The lowest BCUT2D eigenvalue weighted by Crippen LogP contribution is -2.23. The number of aryl methyl sites for hydroxylation is 1. The first-order chi connectivity index (χ1) is 10.1. The second kappa shape index (κ2) is 7.61. The Morgan fingerprint density at radius 2 is 2.10 bits per heavy atom. The van der Waals surface area contributed by atoms with Crippen LogP contribution in [0, 0.1) is 6.92 Å². The van der Waals surface area contributed by atoms with Crippen LogP contribution in [0.5, 0.6) is 0 Å². The predicted octanol–water partition coefficient (Wildman–Crippen LogP) is 3.83. The van der Waals surface area contributed by atoms with Crippen LogP contribution in [0.25, 0.3) is 10.4 Å². The molecule has 21 heavy (non-hydrogen) atoms. The lowest BCUT2D eigenvalue weighted by Gasteiger charge is -2.07. The van der Waals surface area contributed by atoms with Crippen LogP contribution >= 0.6 is 24.0 Å². The van der Waals surface area contributed by atoms with E-state index in [1.54, 1.807) is 11.3 Å². The van der Waals surface area contributed by atoms with Crippen molar-refractivity contribution in [2.45, 2.75) is 38.5 Å². The summed E-state index contributed by atoms with van der Waals surface area (Å²) in [5.41, 5.74) is 5.20. The third kappa shape index (κ3) is 4.86. The zero-order valence-electron chi connectivity index (χ0n) is 12.3. The molecule has 1 aromatic carbocycles. The van der Waals surface area contributed by atoms with E-state index in [1.807, 2.05) is 19.4 Å². The Labute approximate surface area is 135 Å². The van der Waals surface area contributed by atoms with E-state index in [4.69, 9.17) is 0 Å². The molecule has 0 radical (unpaired) electrons. The van der Waals surface area contributed by atoms with Gasteiger partial charge in [0, 0.05) is 13.0 Å². The van der Waals surface area contributed by atoms with Crippen molar-refractivity contribution in [2.75, 3.05) is 0 Å². The van der Waals surface area contributed by atoms with Gasteiger partial charge in [-0.05, 0) is 29.7 Å². The van der Waals surface area contributed by atoms with Gasteiger partial charge < -0.3 is 5.32 Å². The number of amides is 1. The van der Waals surface area contributed by atoms with Gasteiger partial charge in [0.05, 0.1) is 16.1 Å². The van der Waals surface area contributed by atoms with Crippen molar-refractivity contribution in [1.29, 1.82) is 0 Å². The fourth-order valence-electron chi connectivity index (χ4n) is 1.98. The number of rotatable bonds is 6. The third-order valence-corrected chi connectivity index (χ3v) is 4.48. The molecule has 1 aromatic heterocycles. The number of nitrogens with one attached hydrogen (secondary N) is 1. The molecular weight excluding hydrogens is 300 g/mol. The molecule has 0 fully saturated rings. The van der Waals surface area contributed by atoms with Gasteiger partial charge in [-0.3, -0.25) is 4.79 Å². The van der Waals surface area contributed by atoms with Gasteiger partial charge in [-0.2, -0.15) is 12.6 Å². The molecule has 112 valence electrons. The fourth-order valence-corrected chi connectivity index (χ4v) is 2.92. The molecule has 5 heteroatoms. The smallest absolute Gasteiger partial charge is 0.220 e. The van der Waals surface area contributed by atoms with Crippen molar-refractivity contribution in [1.82, 2.24) is 10.3 Å². The van der Waals surface area contributed by atoms with Crippen molar-refractivity contribution in [3.8, 4) is 10.4 Å². The van der Waals surface area contributed by atoms with Crippen LogP contribution in [0.3, 0.4) is 0 Å². The second-order valence-corrected chi connectivity index (χ2v) is 6.86. The minimum Gasteiger partial charge on any atom is -0.352 e. The molecule has 2 rings (SSSR count). The Morgan fingerprint density at radius 1 is 1.38 bits per heavy atom. The van der Waals surface area contributed by atoms with E-state index in [2.05, 4.69) is 47.2 Å². The Balaban J connectivity index is 1.88. The molecule has 3 nitrogen and oxygen atoms in total. The van der Waals surface area contributed by atoms with Gasteiger partial charge in [0.15, 0.2) is 0 Å². The number of aromatic nitrogens is 1. The highest BCUT2D eigenvalue weighted by Gasteiger charge is 2.06. The number of benzene rings is 1. The first kappa shape index (κ1) is 16.0. The van der Waals surface area contributed by atoms with Crippen molar-refractivity contribution < 1.29 is 4.79 Å². The van der Waals surface area contributed by atoms with Crippen molar-refractivity contribution in [2.24, 2.45) is 0 Å². The van der Waals surface area contributed by atoms with Crippen LogP contribution < -0.4 is 5.32 Å². The Morgan fingerprint density at radius 3 is 2.67 bits per heavy atom. The predicted molar refractivity (Wildman–Crippen MR) is 91.8 cm³/mol. The van der Waals surface area contributed by atoms with Crippen LogP contribution in [0.15, 0.2) is 29.8 Å². The van der Waals surface area contributed by atoms with Gasteiger partial charge in [-0.1, -0.05) is 31.2 Å². The first-order valence-corrected chi connectivity index (χ1v) is 8.40. The minimum atomic E-state index is 0.0817. The van der Waals surface area contributed by atoms with Crippen LogP contribution in [-0.2, 0) is 11.3 Å². The number of carbonyl (C=O) groups is 1. The quantitative estimate of drug-likeness (QED) is 0.794. The molecule has 0 aliphatic carbocycles. The summed E-state index contributed by atoms with van der Waals surface area (Å²) in [6, 6.07) is 8.27. The molecule has 1 atom stereocenters. The van der Waals surface area contributed by atoms with E-state index in [-0.39, 0.29) is 11.2 Å². The first-order valence-electron chi connectivity index (χ1n) is 7.00. The van der Waals surface area contributed by atoms with E-state index in [1.165, 1.54) is 10.4 Å². The lowest BCUT2D eigenvalue weighted by molar-refractivity contribution is -0.121. The molecule has 1 heterocycles. The maximum Gasteiger partial charge on any atom is 0.220 e. The number of thiazole rings is 1. The highest BCUT2D eigenvalue weighted by molar-refractivity contribution is 7.80. The third-order valence-electron chi connectivity index (χ3n) is 3.24. The van der Waals surface area contributed by atoms with E-state index in [0.29, 0.717) is 13.0 Å². The Kier molecular flexibility index (Phi) is 5.82. The molecule has 0 aliphatic heterocycles. The number of thiol groups is 1. The van der Waals surface area contributed by atoms with Crippen LogP contribution in [-0.4, -0.2) is 16.1 Å². The van der Waals surface area contributed by atoms with E-state index >= 15 is 0 Å². The summed E-state index contributed by atoms with van der Waals surface area (Å²) in [5, 5.41) is 3.20. The van der Waals surface area contributed by atoms with Crippen LogP contribution in [0.4, 0.5) is 0 Å². The summed E-state index contributed by atoms with van der Waals surface area (Å²) in [6.07, 6.45) is 1.33. The maximum atomic E-state index is 11.7. The van der Waals surface area contributed by atoms with Crippen molar-refractivity contribution in [3.05, 3.63) is 41.0 Å². The molecule has 0 spiro atoms. The summed E-state index contributed by atoms with van der Waals surface area (Å²) in [5.74, 6) is 0.0817.